The van der Waals surface area contributed by atoms with Crippen molar-refractivity contribution in [1.29, 1.82) is 0 Å². The van der Waals surface area contributed by atoms with Gasteiger partial charge in [-0.1, -0.05) is 54.6 Å². The van der Waals surface area contributed by atoms with E-state index in [9.17, 15) is 0 Å². The molecule has 0 aliphatic carbocycles. The summed E-state index contributed by atoms with van der Waals surface area (Å²) in [7, 11) is 0. The molecule has 2 aromatic rings. The van der Waals surface area contributed by atoms with Gasteiger partial charge in [0, 0.05) is 12.1 Å². The van der Waals surface area contributed by atoms with Crippen molar-refractivity contribution in [3.05, 3.63) is 71.3 Å². The van der Waals surface area contributed by atoms with Crippen molar-refractivity contribution in [3.8, 4) is 0 Å². The molecule has 0 amide bonds. The van der Waals surface area contributed by atoms with Crippen LogP contribution in [0.1, 0.15) is 36.1 Å². The first-order valence-electron chi connectivity index (χ1n) is 7.21. The molecule has 1 nitrogen and oxygen atoms in total. The summed E-state index contributed by atoms with van der Waals surface area (Å²) in [6, 6.07) is 20.7. The van der Waals surface area contributed by atoms with Crippen LogP contribution >= 0.6 is 0 Å². The van der Waals surface area contributed by atoms with Crippen LogP contribution in [0, 0.1) is 0 Å². The normalized spacial score (nSPS) is 21.9. The van der Waals surface area contributed by atoms with Gasteiger partial charge in [0.25, 0.3) is 0 Å². The lowest BCUT2D eigenvalue weighted by atomic mass is 9.88. The number of aryl methyl sites for hydroxylation is 1. The van der Waals surface area contributed by atoms with E-state index < -0.39 is 0 Å². The summed E-state index contributed by atoms with van der Waals surface area (Å²) >= 11 is 0. The largest absolute Gasteiger partial charge is 0.307 e. The summed E-state index contributed by atoms with van der Waals surface area (Å²) in [6.45, 7) is 2.28. The Balaban J connectivity index is 1.74. The van der Waals surface area contributed by atoms with E-state index in [1.807, 2.05) is 0 Å². The minimum absolute atomic E-state index is 0.500. The Morgan fingerprint density at radius 3 is 2.58 bits per heavy atom. The molecule has 1 N–H and O–H groups in total. The molecule has 2 aromatic carbocycles. The fraction of sp³-hybridized carbons (Fsp3) is 0.333. The molecule has 2 atom stereocenters. The summed E-state index contributed by atoms with van der Waals surface area (Å²) in [5.41, 5.74) is 4.45. The van der Waals surface area contributed by atoms with E-state index in [0.29, 0.717) is 12.1 Å². The van der Waals surface area contributed by atoms with Crippen LogP contribution in [0.2, 0.25) is 0 Å². The summed E-state index contributed by atoms with van der Waals surface area (Å²) in [6.07, 6.45) is 3.46. The molecular weight excluding hydrogens is 230 g/mol. The zero-order valence-corrected chi connectivity index (χ0v) is 11.5. The highest BCUT2D eigenvalue weighted by Crippen LogP contribution is 2.28. The second kappa shape index (κ2) is 5.58. The fourth-order valence-corrected chi connectivity index (χ4v) is 3.08. The van der Waals surface area contributed by atoms with Gasteiger partial charge < -0.3 is 5.32 Å². The van der Waals surface area contributed by atoms with Crippen LogP contribution in [-0.2, 0) is 12.8 Å². The van der Waals surface area contributed by atoms with E-state index >= 15 is 0 Å². The Kier molecular flexibility index (Phi) is 3.65. The maximum atomic E-state index is 3.74. The molecule has 0 radical (unpaired) electrons. The Bertz CT molecular complexity index is 532. The standard InChI is InChI=1S/C18H21N/c1-14-13-16-9-5-6-10-17(16)18(19-14)12-11-15-7-3-2-4-8-15/h2-10,14,18-19H,11-13H2,1H3/t14-,18-/m0/s1. The molecule has 0 fully saturated rings. The third kappa shape index (κ3) is 2.87. The van der Waals surface area contributed by atoms with Gasteiger partial charge >= 0.3 is 0 Å². The minimum Gasteiger partial charge on any atom is -0.307 e. The fourth-order valence-electron chi connectivity index (χ4n) is 3.08. The monoisotopic (exact) mass is 251 g/mol. The zero-order valence-electron chi connectivity index (χ0n) is 11.5. The molecule has 0 saturated carbocycles. The van der Waals surface area contributed by atoms with E-state index in [1.165, 1.54) is 23.1 Å². The first kappa shape index (κ1) is 12.4. The van der Waals surface area contributed by atoms with Gasteiger partial charge in [0.2, 0.25) is 0 Å². The SMILES string of the molecule is C[C@H]1Cc2ccccc2[C@H](CCc2ccccc2)N1. The molecule has 0 aromatic heterocycles. The molecular formula is C18H21N. The summed E-state index contributed by atoms with van der Waals surface area (Å²) < 4.78 is 0. The first-order chi connectivity index (χ1) is 9.33. The number of hydrogen-bond donors (Lipinski definition) is 1. The van der Waals surface area contributed by atoms with E-state index in [4.69, 9.17) is 0 Å². The third-order valence-electron chi connectivity index (χ3n) is 4.01. The highest BCUT2D eigenvalue weighted by Gasteiger charge is 2.22. The summed E-state index contributed by atoms with van der Waals surface area (Å²) in [4.78, 5) is 0. The van der Waals surface area contributed by atoms with Gasteiger partial charge in [-0.3, -0.25) is 0 Å². The smallest absolute Gasteiger partial charge is 0.0328 e. The molecule has 3 rings (SSSR count). The number of hydrogen-bond acceptors (Lipinski definition) is 1. The second-order valence-electron chi connectivity index (χ2n) is 5.55. The van der Waals surface area contributed by atoms with Crippen LogP contribution in [-0.4, -0.2) is 6.04 Å². The third-order valence-corrected chi connectivity index (χ3v) is 4.01. The number of benzene rings is 2. The van der Waals surface area contributed by atoms with Gasteiger partial charge in [0.1, 0.15) is 0 Å². The van der Waals surface area contributed by atoms with Crippen LogP contribution in [0.5, 0.6) is 0 Å². The molecule has 0 spiro atoms. The molecule has 98 valence electrons. The van der Waals surface area contributed by atoms with E-state index in [2.05, 4.69) is 66.8 Å². The van der Waals surface area contributed by atoms with Crippen molar-refractivity contribution in [2.45, 2.75) is 38.3 Å². The van der Waals surface area contributed by atoms with Crippen molar-refractivity contribution in [2.24, 2.45) is 0 Å². The number of nitrogens with one attached hydrogen (secondary N) is 1. The minimum atomic E-state index is 0.500. The maximum absolute atomic E-state index is 3.74. The Morgan fingerprint density at radius 1 is 1.00 bits per heavy atom. The second-order valence-corrected chi connectivity index (χ2v) is 5.55. The predicted molar refractivity (Wildman–Crippen MR) is 80.2 cm³/mol. The molecule has 0 saturated heterocycles. The van der Waals surface area contributed by atoms with Crippen molar-refractivity contribution in [3.63, 3.8) is 0 Å². The quantitative estimate of drug-likeness (QED) is 0.872. The van der Waals surface area contributed by atoms with Crippen molar-refractivity contribution in [1.82, 2.24) is 5.32 Å². The Hall–Kier alpha value is -1.60. The molecule has 1 aliphatic heterocycles. The summed E-state index contributed by atoms with van der Waals surface area (Å²) in [5.74, 6) is 0. The van der Waals surface area contributed by atoms with Crippen LogP contribution in [0.4, 0.5) is 0 Å². The topological polar surface area (TPSA) is 12.0 Å². The summed E-state index contributed by atoms with van der Waals surface area (Å²) in [5, 5.41) is 3.74. The van der Waals surface area contributed by atoms with Crippen molar-refractivity contribution >= 4 is 0 Å². The van der Waals surface area contributed by atoms with Gasteiger partial charge in [-0.15, -0.1) is 0 Å². The highest BCUT2D eigenvalue weighted by atomic mass is 15.0. The Labute approximate surface area is 115 Å². The lowest BCUT2D eigenvalue weighted by molar-refractivity contribution is 0.404. The van der Waals surface area contributed by atoms with Gasteiger partial charge in [0.15, 0.2) is 0 Å². The van der Waals surface area contributed by atoms with Crippen molar-refractivity contribution < 1.29 is 0 Å². The molecule has 19 heavy (non-hydrogen) atoms. The van der Waals surface area contributed by atoms with Crippen LogP contribution in [0.3, 0.4) is 0 Å². The van der Waals surface area contributed by atoms with Crippen LogP contribution in [0.25, 0.3) is 0 Å². The first-order valence-corrected chi connectivity index (χ1v) is 7.21. The lowest BCUT2D eigenvalue weighted by Gasteiger charge is -2.31. The highest BCUT2D eigenvalue weighted by molar-refractivity contribution is 5.33. The van der Waals surface area contributed by atoms with Crippen LogP contribution < -0.4 is 5.32 Å². The van der Waals surface area contributed by atoms with Crippen molar-refractivity contribution in [2.75, 3.05) is 0 Å². The molecule has 0 bridgehead atoms. The van der Waals surface area contributed by atoms with Gasteiger partial charge in [-0.2, -0.15) is 0 Å². The number of fused-ring (bicyclic) bond motifs is 1. The van der Waals surface area contributed by atoms with Crippen LogP contribution in [0.15, 0.2) is 54.6 Å². The Morgan fingerprint density at radius 2 is 1.74 bits per heavy atom. The average molecular weight is 251 g/mol. The molecule has 1 heterocycles. The maximum Gasteiger partial charge on any atom is 0.0328 e. The predicted octanol–water partition coefficient (Wildman–Crippen LogP) is 3.89. The van der Waals surface area contributed by atoms with Gasteiger partial charge in [0.05, 0.1) is 0 Å². The van der Waals surface area contributed by atoms with E-state index in [1.54, 1.807) is 0 Å². The zero-order chi connectivity index (χ0) is 13.1. The number of rotatable bonds is 3. The molecule has 0 unspecified atom stereocenters. The lowest BCUT2D eigenvalue weighted by Crippen LogP contribution is -2.37. The molecule has 1 aliphatic rings. The van der Waals surface area contributed by atoms with Gasteiger partial charge in [-0.25, -0.2) is 0 Å². The van der Waals surface area contributed by atoms with E-state index in [-0.39, 0.29) is 0 Å². The average Bonchev–Trinajstić information content (AvgIpc) is 2.45. The van der Waals surface area contributed by atoms with E-state index in [0.717, 1.165) is 12.8 Å². The molecule has 1 heteroatoms. The van der Waals surface area contributed by atoms with Gasteiger partial charge in [-0.05, 0) is 42.9 Å².